The van der Waals surface area contributed by atoms with E-state index in [1.807, 2.05) is 0 Å². The van der Waals surface area contributed by atoms with Gasteiger partial charge in [0.2, 0.25) is 0 Å². The second-order valence-corrected chi connectivity index (χ2v) is 43.8. The van der Waals surface area contributed by atoms with Crippen molar-refractivity contribution in [1.29, 1.82) is 0 Å². The van der Waals surface area contributed by atoms with Crippen molar-refractivity contribution in [3.8, 4) is 50.2 Å². The third-order valence-corrected chi connectivity index (χ3v) is 28.8. The lowest BCUT2D eigenvalue weighted by Gasteiger charge is -2.48. The molecule has 1 aromatic heterocycles. The highest BCUT2D eigenvalue weighted by Gasteiger charge is 2.51. The van der Waals surface area contributed by atoms with E-state index in [0.717, 1.165) is 147 Å². The van der Waals surface area contributed by atoms with Gasteiger partial charge in [-0.25, -0.2) is 0 Å². The van der Waals surface area contributed by atoms with E-state index in [4.69, 9.17) is 0 Å². The Morgan fingerprint density at radius 1 is 0.201 bits per heavy atom. The van der Waals surface area contributed by atoms with E-state index in [2.05, 4.69) is 530 Å². The minimum atomic E-state index is -0.353. The van der Waals surface area contributed by atoms with E-state index < -0.39 is 0 Å². The number of aromatic nitrogens is 1. The molecular weight excluding hydrogens is 1620 g/mol. The van der Waals surface area contributed by atoms with Crippen molar-refractivity contribution in [3.63, 3.8) is 0 Å². The van der Waals surface area contributed by atoms with Gasteiger partial charge in [-0.15, -0.1) is 0 Å². The lowest BCUT2D eigenvalue weighted by atomic mass is 9.30. The molecule has 0 saturated carbocycles. The van der Waals surface area contributed by atoms with Crippen molar-refractivity contribution < 1.29 is 0 Å². The summed E-state index contributed by atoms with van der Waals surface area (Å²) in [7, 11) is 0. The zero-order valence-electron chi connectivity index (χ0n) is 80.6. The van der Waals surface area contributed by atoms with E-state index in [-0.39, 0.29) is 45.9 Å². The van der Waals surface area contributed by atoms with Crippen LogP contribution in [0.25, 0.3) is 72.0 Å². The number of nitrogens with zero attached hydrogens (tertiary/aromatic N) is 6. The molecule has 0 fully saturated rings. The fraction of sp³-hybridized carbons (Fsp3) is 0.190. The molecule has 17 aromatic carbocycles. The first-order valence-electron chi connectivity index (χ1n) is 48.0. The Hall–Kier alpha value is -14.3. The first kappa shape index (κ1) is 85.2. The molecule has 22 rings (SSSR count). The smallest absolute Gasteiger partial charge is 0.252 e. The summed E-state index contributed by atoms with van der Waals surface area (Å²) in [5.41, 5.74) is 42.9. The summed E-state index contributed by atoms with van der Waals surface area (Å²) < 4.78 is 2.63. The Kier molecular flexibility index (Phi) is 20.1. The molecule has 5 heterocycles. The number of para-hydroxylation sites is 4. The SMILES string of the molecule is CC(C)(C)c1ccc(N2c3cc(C(C)(C)C)ccc3B3c4cc5c(cc4N(c4c(-c6ccccc6)cccc4-c4ccccc4)c4cc(N(c6ccccc6)c6ccccc6)cc2c43)N(c2ccc(C(C)(C)C)cc2)c2cc(-n3c4ccc(C(C)(C)C)cc4c4cc(C(C)(C)C)ccc43)cc3c2B5c2ccc(C(C)(C)C)cc2N3c2c(-c3ccccc3)cccc2-c2ccccc2)cc1. The van der Waals surface area contributed by atoms with E-state index in [1.165, 1.54) is 76.9 Å². The minimum absolute atomic E-state index is 0.0988. The number of hydrogen-bond donors (Lipinski definition) is 0. The van der Waals surface area contributed by atoms with Gasteiger partial charge in [0.1, 0.15) is 0 Å². The number of rotatable bonds is 12. The largest absolute Gasteiger partial charge is 0.311 e. The molecule has 0 aliphatic carbocycles. The Balaban J connectivity index is 0.946. The zero-order valence-corrected chi connectivity index (χ0v) is 80.6. The third-order valence-electron chi connectivity index (χ3n) is 28.8. The van der Waals surface area contributed by atoms with Crippen molar-refractivity contribution in [2.75, 3.05) is 24.5 Å². The van der Waals surface area contributed by atoms with Gasteiger partial charge in [-0.05, 0) is 236 Å². The minimum Gasteiger partial charge on any atom is -0.311 e. The molecular formula is C126H116B2N6. The molecule has 0 amide bonds. The number of anilines is 15. The molecule has 8 heteroatoms. The summed E-state index contributed by atoms with van der Waals surface area (Å²) in [5.74, 6) is 0. The van der Waals surface area contributed by atoms with Crippen LogP contribution in [0, 0.1) is 0 Å². The maximum Gasteiger partial charge on any atom is 0.252 e. The Morgan fingerprint density at radius 2 is 0.485 bits per heavy atom. The normalized spacial score (nSPS) is 13.5. The van der Waals surface area contributed by atoms with E-state index in [0.29, 0.717) is 0 Å². The highest BCUT2D eigenvalue weighted by atomic mass is 15.2. The second kappa shape index (κ2) is 31.7. The topological polar surface area (TPSA) is 21.1 Å². The summed E-state index contributed by atoms with van der Waals surface area (Å²) in [6, 6.07) is 146. The summed E-state index contributed by atoms with van der Waals surface area (Å²) >= 11 is 0. The molecule has 0 radical (unpaired) electrons. The van der Waals surface area contributed by atoms with Crippen LogP contribution in [0.5, 0.6) is 0 Å². The predicted molar refractivity (Wildman–Crippen MR) is 577 cm³/mol. The van der Waals surface area contributed by atoms with Gasteiger partial charge in [-0.1, -0.05) is 385 Å². The maximum absolute atomic E-state index is 2.76. The van der Waals surface area contributed by atoms with Crippen LogP contribution in [0.2, 0.25) is 0 Å². The molecule has 4 aliphatic heterocycles. The molecule has 0 saturated heterocycles. The van der Waals surface area contributed by atoms with Gasteiger partial charge < -0.3 is 29.1 Å². The zero-order chi connectivity index (χ0) is 92.6. The van der Waals surface area contributed by atoms with Crippen molar-refractivity contribution in [2.24, 2.45) is 0 Å². The first-order valence-corrected chi connectivity index (χ1v) is 48.0. The van der Waals surface area contributed by atoms with Crippen LogP contribution in [0.3, 0.4) is 0 Å². The lowest BCUT2D eigenvalue weighted by molar-refractivity contribution is 0.590. The van der Waals surface area contributed by atoms with E-state index >= 15 is 0 Å². The van der Waals surface area contributed by atoms with Crippen LogP contribution >= 0.6 is 0 Å². The fourth-order valence-electron chi connectivity index (χ4n) is 21.7. The number of benzene rings is 17. The van der Waals surface area contributed by atoms with Crippen LogP contribution in [-0.4, -0.2) is 18.0 Å². The molecule has 18 aromatic rings. The van der Waals surface area contributed by atoms with Gasteiger partial charge in [0, 0.05) is 101 Å². The van der Waals surface area contributed by atoms with E-state index in [1.54, 1.807) is 0 Å². The summed E-state index contributed by atoms with van der Waals surface area (Å²) in [6.07, 6.45) is 0. The number of hydrogen-bond acceptors (Lipinski definition) is 5. The molecule has 4 aliphatic rings. The number of fused-ring (bicyclic) bond motifs is 11. The molecule has 0 N–H and O–H groups in total. The standard InChI is InChI=1S/C126H116B2N6/c1-121(2,3)85-55-63-93(64-56-85)130-109-73-89(125(13,14)15)59-67-103(109)127-106-79-105-111(80-112(106)134(120-99(83-43-29-21-30-44-83)53-38-54-100(120)84-45-31-22-32-46-84)115-76-95(75-113(130)117(115)127)129(91-47-33-23-34-48-91)92-49-35-24-36-50-92)131(94-65-57-86(58-66-94)122(4,5)6)114-77-96(132-107-69-61-87(123(7,8)9)71-101(107)102-72-88(124(10,11)12)62-70-108(102)132)78-116-118(114)128(105)104-68-60-90(126(16,17)18)74-110(104)133(116)119-97(81-39-25-19-26-40-81)51-37-52-98(119)82-41-27-20-28-42-82/h19-80H,1-18H3. The monoisotopic (exact) mass is 1730 g/mol. The van der Waals surface area contributed by atoms with Gasteiger partial charge in [0.15, 0.2) is 0 Å². The van der Waals surface area contributed by atoms with Crippen molar-refractivity contribution >= 4 is 153 Å². The molecule has 134 heavy (non-hydrogen) atoms. The lowest BCUT2D eigenvalue weighted by Crippen LogP contribution is -2.65. The quantitative estimate of drug-likeness (QED) is 0.113. The van der Waals surface area contributed by atoms with Gasteiger partial charge in [-0.3, -0.25) is 0 Å². The Bertz CT molecular complexity index is 7420. The van der Waals surface area contributed by atoms with Crippen molar-refractivity contribution in [2.45, 2.75) is 157 Å². The Morgan fingerprint density at radius 3 is 0.836 bits per heavy atom. The maximum atomic E-state index is 2.76. The van der Waals surface area contributed by atoms with Crippen molar-refractivity contribution in [3.05, 3.63) is 409 Å². The molecule has 0 unspecified atom stereocenters. The van der Waals surface area contributed by atoms with Gasteiger partial charge in [0.25, 0.3) is 13.4 Å². The molecule has 0 atom stereocenters. The van der Waals surface area contributed by atoms with Gasteiger partial charge in [-0.2, -0.15) is 0 Å². The van der Waals surface area contributed by atoms with Crippen LogP contribution in [0.15, 0.2) is 376 Å². The third kappa shape index (κ3) is 14.4. The predicted octanol–water partition coefficient (Wildman–Crippen LogP) is 30.9. The van der Waals surface area contributed by atoms with Crippen LogP contribution < -0.4 is 57.3 Å². The van der Waals surface area contributed by atoms with E-state index in [9.17, 15) is 0 Å². The molecule has 6 nitrogen and oxygen atoms in total. The second-order valence-electron chi connectivity index (χ2n) is 43.8. The highest BCUT2D eigenvalue weighted by Crippen LogP contribution is 2.57. The van der Waals surface area contributed by atoms with Crippen molar-refractivity contribution in [1.82, 2.24) is 4.57 Å². The molecule has 656 valence electrons. The van der Waals surface area contributed by atoms with Gasteiger partial charge in [0.05, 0.1) is 33.8 Å². The summed E-state index contributed by atoms with van der Waals surface area (Å²) in [4.78, 5) is 13.4. The van der Waals surface area contributed by atoms with Crippen LogP contribution in [0.1, 0.15) is 158 Å². The summed E-state index contributed by atoms with van der Waals surface area (Å²) in [5, 5.41) is 2.47. The average Bonchev–Trinajstić information content (AvgIpc) is 0.681. The first-order chi connectivity index (χ1) is 64.3. The molecule has 0 bridgehead atoms. The molecule has 0 spiro atoms. The van der Waals surface area contributed by atoms with Crippen LogP contribution in [-0.2, 0) is 32.5 Å². The Labute approximate surface area is 793 Å². The average molecular weight is 1740 g/mol. The highest BCUT2D eigenvalue weighted by molar-refractivity contribution is 7.03. The van der Waals surface area contributed by atoms with Crippen LogP contribution in [0.4, 0.5) is 85.3 Å². The fourth-order valence-corrected chi connectivity index (χ4v) is 21.7. The van der Waals surface area contributed by atoms with Gasteiger partial charge >= 0.3 is 0 Å². The summed E-state index contributed by atoms with van der Waals surface area (Å²) in [6.45, 7) is 41.7.